The summed E-state index contributed by atoms with van der Waals surface area (Å²) in [5, 5.41) is 5.08. The van der Waals surface area contributed by atoms with Crippen LogP contribution in [0.25, 0.3) is 0 Å². The average Bonchev–Trinajstić information content (AvgIpc) is 2.59. The van der Waals surface area contributed by atoms with E-state index in [4.69, 9.17) is 9.47 Å². The number of hydrogen-bond acceptors (Lipinski definition) is 4. The Morgan fingerprint density at radius 1 is 1.15 bits per heavy atom. The van der Waals surface area contributed by atoms with Crippen LogP contribution in [0.3, 0.4) is 0 Å². The molecule has 1 heterocycles. The molecular formula is C19H30N3O4+. The van der Waals surface area contributed by atoms with Crippen molar-refractivity contribution >= 4 is 17.6 Å². The van der Waals surface area contributed by atoms with Crippen molar-refractivity contribution in [2.24, 2.45) is 0 Å². The first-order valence-corrected chi connectivity index (χ1v) is 9.38. The van der Waals surface area contributed by atoms with Crippen LogP contribution in [0.4, 0.5) is 10.5 Å². The largest absolute Gasteiger partial charge is 0.490 e. The Morgan fingerprint density at radius 2 is 1.88 bits per heavy atom. The monoisotopic (exact) mass is 364 g/mol. The molecule has 1 aliphatic rings. The van der Waals surface area contributed by atoms with Crippen molar-refractivity contribution in [3.05, 3.63) is 18.2 Å². The molecule has 26 heavy (non-hydrogen) atoms. The van der Waals surface area contributed by atoms with E-state index in [2.05, 4.69) is 17.6 Å². The summed E-state index contributed by atoms with van der Waals surface area (Å²) in [6.07, 6.45) is 3.47. The van der Waals surface area contributed by atoms with E-state index in [0.29, 0.717) is 43.0 Å². The number of quaternary nitrogens is 1. The predicted molar refractivity (Wildman–Crippen MR) is 100.0 cm³/mol. The maximum atomic E-state index is 12.1. The van der Waals surface area contributed by atoms with E-state index < -0.39 is 6.03 Å². The van der Waals surface area contributed by atoms with Gasteiger partial charge >= 0.3 is 6.03 Å². The highest BCUT2D eigenvalue weighted by atomic mass is 16.5. The number of likely N-dealkylation sites (tertiary alicyclic amines) is 1. The first-order valence-electron chi connectivity index (χ1n) is 9.38. The third-order valence-electron chi connectivity index (χ3n) is 4.52. The van der Waals surface area contributed by atoms with Gasteiger partial charge in [-0.25, -0.2) is 4.79 Å². The number of rotatable bonds is 7. The number of urea groups is 1. The lowest BCUT2D eigenvalue weighted by molar-refractivity contribution is -0.920. The number of ether oxygens (including phenoxy) is 2. The summed E-state index contributed by atoms with van der Waals surface area (Å²) in [5.74, 6) is 0.923. The molecule has 2 rings (SSSR count). The Morgan fingerprint density at radius 3 is 2.58 bits per heavy atom. The fourth-order valence-corrected chi connectivity index (χ4v) is 3.18. The number of hydrogen-bond donors (Lipinski definition) is 3. The molecule has 1 aliphatic heterocycles. The number of imide groups is 1. The van der Waals surface area contributed by atoms with E-state index >= 15 is 0 Å². The van der Waals surface area contributed by atoms with Crippen LogP contribution >= 0.6 is 0 Å². The molecule has 0 aromatic heterocycles. The van der Waals surface area contributed by atoms with Crippen LogP contribution in [-0.4, -0.2) is 44.3 Å². The molecule has 144 valence electrons. The first-order chi connectivity index (χ1) is 12.5. The van der Waals surface area contributed by atoms with Crippen LogP contribution in [0.5, 0.6) is 11.5 Å². The zero-order valence-electron chi connectivity index (χ0n) is 15.9. The van der Waals surface area contributed by atoms with Crippen molar-refractivity contribution in [1.82, 2.24) is 5.32 Å². The summed E-state index contributed by atoms with van der Waals surface area (Å²) >= 11 is 0. The second kappa shape index (κ2) is 10.0. The van der Waals surface area contributed by atoms with Crippen molar-refractivity contribution < 1.29 is 24.0 Å². The Balaban J connectivity index is 1.90. The third kappa shape index (κ3) is 5.91. The molecule has 1 aromatic carbocycles. The van der Waals surface area contributed by atoms with E-state index in [0.717, 1.165) is 19.4 Å². The van der Waals surface area contributed by atoms with E-state index in [-0.39, 0.29) is 5.91 Å². The van der Waals surface area contributed by atoms with Gasteiger partial charge in [0, 0.05) is 11.8 Å². The van der Waals surface area contributed by atoms with Crippen molar-refractivity contribution in [3.8, 4) is 11.5 Å². The van der Waals surface area contributed by atoms with Crippen LogP contribution < -0.4 is 25.0 Å². The van der Waals surface area contributed by atoms with Gasteiger partial charge < -0.3 is 19.7 Å². The van der Waals surface area contributed by atoms with Gasteiger partial charge in [0.05, 0.1) is 25.8 Å². The van der Waals surface area contributed by atoms with Gasteiger partial charge in [-0.3, -0.25) is 10.1 Å². The third-order valence-corrected chi connectivity index (χ3v) is 4.52. The highest BCUT2D eigenvalue weighted by molar-refractivity contribution is 6.01. The second-order valence-corrected chi connectivity index (χ2v) is 6.51. The fourth-order valence-electron chi connectivity index (χ4n) is 3.18. The number of nitrogens with one attached hydrogen (secondary N) is 3. The summed E-state index contributed by atoms with van der Waals surface area (Å²) < 4.78 is 11.0. The Hall–Kier alpha value is -2.28. The summed E-state index contributed by atoms with van der Waals surface area (Å²) in [5.41, 5.74) is 0.542. The smallest absolute Gasteiger partial charge is 0.326 e. The van der Waals surface area contributed by atoms with Gasteiger partial charge in [-0.1, -0.05) is 0 Å². The molecule has 3 amide bonds. The Bertz CT molecular complexity index is 621. The summed E-state index contributed by atoms with van der Waals surface area (Å²) in [6.45, 7) is 8.24. The molecular weight excluding hydrogens is 334 g/mol. The molecule has 7 nitrogen and oxygen atoms in total. The lowest BCUT2D eigenvalue weighted by Gasteiger charge is -2.29. The van der Waals surface area contributed by atoms with Crippen LogP contribution in [0.2, 0.25) is 0 Å². The molecule has 1 unspecified atom stereocenters. The highest BCUT2D eigenvalue weighted by Crippen LogP contribution is 2.30. The molecule has 7 heteroatoms. The zero-order valence-corrected chi connectivity index (χ0v) is 15.9. The molecule has 0 radical (unpaired) electrons. The molecule has 0 saturated carbocycles. The number of piperidine rings is 1. The van der Waals surface area contributed by atoms with Gasteiger partial charge in [0.15, 0.2) is 18.0 Å². The first kappa shape index (κ1) is 20.0. The maximum Gasteiger partial charge on any atom is 0.326 e. The van der Waals surface area contributed by atoms with E-state index in [1.165, 1.54) is 11.3 Å². The minimum absolute atomic E-state index is 0.262. The minimum Gasteiger partial charge on any atom is -0.490 e. The average molecular weight is 364 g/mol. The minimum atomic E-state index is -0.536. The van der Waals surface area contributed by atoms with Gasteiger partial charge in [0.25, 0.3) is 5.91 Å². The van der Waals surface area contributed by atoms with E-state index in [9.17, 15) is 9.59 Å². The summed E-state index contributed by atoms with van der Waals surface area (Å²) in [4.78, 5) is 25.5. The maximum absolute atomic E-state index is 12.1. The van der Waals surface area contributed by atoms with Gasteiger partial charge in [0.1, 0.15) is 0 Å². The fraction of sp³-hybridized carbons (Fsp3) is 0.579. The number of benzene rings is 1. The van der Waals surface area contributed by atoms with Crippen molar-refractivity contribution in [1.29, 1.82) is 0 Å². The van der Waals surface area contributed by atoms with Gasteiger partial charge in [0.2, 0.25) is 0 Å². The van der Waals surface area contributed by atoms with Crippen LogP contribution in [0.1, 0.15) is 40.0 Å². The lowest BCUT2D eigenvalue weighted by atomic mass is 10.0. The lowest BCUT2D eigenvalue weighted by Crippen LogP contribution is -3.17. The quantitative estimate of drug-likeness (QED) is 0.686. The van der Waals surface area contributed by atoms with Gasteiger partial charge in [-0.2, -0.15) is 0 Å². The molecule has 2 atom stereocenters. The standard InChI is InChI=1S/C19H29N3O4/c1-4-25-16-10-9-15(12-17(16)26-5-2)20-19(24)21-18(23)13-22-11-7-6-8-14(22)3/h9-10,12,14H,4-8,11,13H2,1-3H3,(H2,20,21,23,24)/p+1/t14-/m1/s1. The Kier molecular flexibility index (Phi) is 7.72. The van der Waals surface area contributed by atoms with Gasteiger partial charge in [-0.15, -0.1) is 0 Å². The Labute approximate surface area is 155 Å². The topological polar surface area (TPSA) is 81.1 Å². The SMILES string of the molecule is CCOc1ccc(NC(=O)NC(=O)C[NH+]2CCCC[C@H]2C)cc1OCC. The van der Waals surface area contributed by atoms with E-state index in [1.54, 1.807) is 18.2 Å². The molecule has 1 fully saturated rings. The van der Waals surface area contributed by atoms with Crippen LogP contribution in [-0.2, 0) is 4.79 Å². The van der Waals surface area contributed by atoms with Crippen molar-refractivity contribution in [2.75, 3.05) is 31.6 Å². The number of amides is 3. The van der Waals surface area contributed by atoms with Crippen LogP contribution in [0.15, 0.2) is 18.2 Å². The summed E-state index contributed by atoms with van der Waals surface area (Å²) in [6, 6.07) is 5.07. The highest BCUT2D eigenvalue weighted by Gasteiger charge is 2.24. The molecule has 0 spiro atoms. The number of anilines is 1. The van der Waals surface area contributed by atoms with Crippen molar-refractivity contribution in [2.45, 2.75) is 46.1 Å². The van der Waals surface area contributed by atoms with E-state index in [1.807, 2.05) is 13.8 Å². The molecule has 1 aromatic rings. The van der Waals surface area contributed by atoms with Crippen molar-refractivity contribution in [3.63, 3.8) is 0 Å². The number of carbonyl (C=O) groups is 2. The second-order valence-electron chi connectivity index (χ2n) is 6.51. The van der Waals surface area contributed by atoms with Crippen LogP contribution in [0, 0.1) is 0 Å². The molecule has 0 aliphatic carbocycles. The molecule has 0 bridgehead atoms. The number of carbonyl (C=O) groups excluding carboxylic acids is 2. The molecule has 1 saturated heterocycles. The normalized spacial score (nSPS) is 19.5. The predicted octanol–water partition coefficient (Wildman–Crippen LogP) is 1.59. The summed E-state index contributed by atoms with van der Waals surface area (Å²) in [7, 11) is 0. The zero-order chi connectivity index (χ0) is 18.9. The van der Waals surface area contributed by atoms with Gasteiger partial charge in [-0.05, 0) is 52.2 Å². The molecule has 3 N–H and O–H groups in total.